The molecule has 1 heteroatoms. The first kappa shape index (κ1) is 11.7. The molecule has 0 amide bonds. The number of rotatable bonds is 1. The van der Waals surface area contributed by atoms with Crippen LogP contribution in [-0.2, 0) is 4.79 Å². The summed E-state index contributed by atoms with van der Waals surface area (Å²) in [7, 11) is 0. The lowest BCUT2D eigenvalue weighted by Gasteiger charge is -2.33. The number of carbonyl (C=O) groups excluding carboxylic acids is 1. The zero-order chi connectivity index (χ0) is 12.3. The third-order valence-corrected chi connectivity index (χ3v) is 6.74. The summed E-state index contributed by atoms with van der Waals surface area (Å²) in [5, 5.41) is 0. The van der Waals surface area contributed by atoms with Gasteiger partial charge in [-0.05, 0) is 42.9 Å². The van der Waals surface area contributed by atoms with Gasteiger partial charge >= 0.3 is 0 Å². The standard InChI is InChI=1S/C16H26O/c1-15(2)12-9-10-16(15,3)14(17)13(12)11-7-5-4-6-8-11/h11-13H,4-10H2,1-3H3. The highest BCUT2D eigenvalue weighted by Crippen LogP contribution is 2.67. The Hall–Kier alpha value is -0.330. The van der Waals surface area contributed by atoms with E-state index in [1.165, 1.54) is 38.5 Å². The molecular weight excluding hydrogens is 208 g/mol. The van der Waals surface area contributed by atoms with Gasteiger partial charge in [0.1, 0.15) is 5.78 Å². The molecule has 0 aliphatic heterocycles. The predicted octanol–water partition coefficient (Wildman–Crippen LogP) is 4.21. The maximum absolute atomic E-state index is 12.8. The van der Waals surface area contributed by atoms with Crippen molar-refractivity contribution in [2.45, 2.75) is 65.7 Å². The number of fused-ring (bicyclic) bond motifs is 2. The smallest absolute Gasteiger partial charge is 0.142 e. The summed E-state index contributed by atoms with van der Waals surface area (Å²) < 4.78 is 0. The molecule has 3 aliphatic carbocycles. The van der Waals surface area contributed by atoms with Crippen molar-refractivity contribution < 1.29 is 4.79 Å². The van der Waals surface area contributed by atoms with Gasteiger partial charge in [0, 0.05) is 11.3 Å². The molecule has 3 fully saturated rings. The van der Waals surface area contributed by atoms with Crippen LogP contribution in [0, 0.1) is 28.6 Å². The normalized spacial score (nSPS) is 45.5. The third kappa shape index (κ3) is 1.34. The lowest BCUT2D eigenvalue weighted by Crippen LogP contribution is -2.35. The van der Waals surface area contributed by atoms with Gasteiger partial charge in [0.25, 0.3) is 0 Å². The Bertz CT molecular complexity index is 337. The van der Waals surface area contributed by atoms with E-state index in [-0.39, 0.29) is 10.8 Å². The van der Waals surface area contributed by atoms with E-state index in [9.17, 15) is 4.79 Å². The Morgan fingerprint density at radius 1 is 1.00 bits per heavy atom. The lowest BCUT2D eigenvalue weighted by atomic mass is 9.70. The monoisotopic (exact) mass is 234 g/mol. The largest absolute Gasteiger partial charge is 0.299 e. The minimum absolute atomic E-state index is 0.000218. The number of hydrogen-bond acceptors (Lipinski definition) is 1. The van der Waals surface area contributed by atoms with E-state index in [0.29, 0.717) is 17.6 Å². The molecule has 0 saturated heterocycles. The van der Waals surface area contributed by atoms with Crippen LogP contribution in [0.3, 0.4) is 0 Å². The second-order valence-corrected chi connectivity index (χ2v) is 7.49. The molecular formula is C16H26O. The number of hydrogen-bond donors (Lipinski definition) is 0. The molecule has 96 valence electrons. The summed E-state index contributed by atoms with van der Waals surface area (Å²) in [5.74, 6) is 2.46. The SMILES string of the molecule is CC12CCC(C(C3CCCCC3)C1=O)C2(C)C. The topological polar surface area (TPSA) is 17.1 Å². The van der Waals surface area contributed by atoms with Crippen LogP contribution in [0.4, 0.5) is 0 Å². The summed E-state index contributed by atoms with van der Waals surface area (Å²) in [5.41, 5.74) is 0.256. The molecule has 3 unspecified atom stereocenters. The van der Waals surface area contributed by atoms with Gasteiger partial charge in [0.2, 0.25) is 0 Å². The van der Waals surface area contributed by atoms with Crippen molar-refractivity contribution in [3.8, 4) is 0 Å². The quantitative estimate of drug-likeness (QED) is 0.664. The van der Waals surface area contributed by atoms with Crippen LogP contribution in [0.25, 0.3) is 0 Å². The van der Waals surface area contributed by atoms with Gasteiger partial charge < -0.3 is 0 Å². The van der Waals surface area contributed by atoms with Gasteiger partial charge in [-0.3, -0.25) is 4.79 Å². The van der Waals surface area contributed by atoms with Crippen LogP contribution in [0.1, 0.15) is 65.7 Å². The van der Waals surface area contributed by atoms with E-state index in [2.05, 4.69) is 20.8 Å². The first-order chi connectivity index (χ1) is 7.98. The summed E-state index contributed by atoms with van der Waals surface area (Å²) >= 11 is 0. The summed E-state index contributed by atoms with van der Waals surface area (Å²) in [6.45, 7) is 6.95. The Morgan fingerprint density at radius 2 is 1.65 bits per heavy atom. The zero-order valence-corrected chi connectivity index (χ0v) is 11.6. The molecule has 3 atom stereocenters. The summed E-state index contributed by atoms with van der Waals surface area (Å²) in [6, 6.07) is 0. The first-order valence-corrected chi connectivity index (χ1v) is 7.53. The highest BCUT2D eigenvalue weighted by atomic mass is 16.1. The van der Waals surface area contributed by atoms with Crippen LogP contribution >= 0.6 is 0 Å². The van der Waals surface area contributed by atoms with E-state index in [1.54, 1.807) is 0 Å². The minimum Gasteiger partial charge on any atom is -0.299 e. The van der Waals surface area contributed by atoms with E-state index >= 15 is 0 Å². The molecule has 0 heterocycles. The van der Waals surface area contributed by atoms with Crippen molar-refractivity contribution in [1.82, 2.24) is 0 Å². The maximum Gasteiger partial charge on any atom is 0.142 e. The average molecular weight is 234 g/mol. The number of ketones is 1. The van der Waals surface area contributed by atoms with Crippen molar-refractivity contribution >= 4 is 5.78 Å². The van der Waals surface area contributed by atoms with Crippen molar-refractivity contribution in [3.63, 3.8) is 0 Å². The molecule has 0 N–H and O–H groups in total. The number of Topliss-reactive ketones (excluding diaryl/α,β-unsaturated/α-hetero) is 1. The first-order valence-electron chi connectivity index (χ1n) is 7.53. The fraction of sp³-hybridized carbons (Fsp3) is 0.938. The second-order valence-electron chi connectivity index (χ2n) is 7.49. The van der Waals surface area contributed by atoms with Crippen LogP contribution in [0.2, 0.25) is 0 Å². The van der Waals surface area contributed by atoms with E-state index < -0.39 is 0 Å². The minimum atomic E-state index is -0.000218. The van der Waals surface area contributed by atoms with Crippen LogP contribution in [0.15, 0.2) is 0 Å². The lowest BCUT2D eigenvalue weighted by molar-refractivity contribution is -0.133. The van der Waals surface area contributed by atoms with Gasteiger partial charge in [-0.1, -0.05) is 40.0 Å². The Morgan fingerprint density at radius 3 is 2.18 bits per heavy atom. The highest BCUT2D eigenvalue weighted by Gasteiger charge is 2.66. The average Bonchev–Trinajstić information content (AvgIpc) is 2.62. The van der Waals surface area contributed by atoms with E-state index in [1.807, 2.05) is 0 Å². The predicted molar refractivity (Wildman–Crippen MR) is 69.7 cm³/mol. The molecule has 0 aromatic carbocycles. The molecule has 3 saturated carbocycles. The van der Waals surface area contributed by atoms with Gasteiger partial charge in [-0.2, -0.15) is 0 Å². The van der Waals surface area contributed by atoms with Crippen LogP contribution < -0.4 is 0 Å². The van der Waals surface area contributed by atoms with Gasteiger partial charge in [-0.15, -0.1) is 0 Å². The van der Waals surface area contributed by atoms with Gasteiger partial charge in [0.15, 0.2) is 0 Å². The Balaban J connectivity index is 1.90. The number of carbonyl (C=O) groups is 1. The van der Waals surface area contributed by atoms with Crippen LogP contribution in [0.5, 0.6) is 0 Å². The molecule has 0 spiro atoms. The van der Waals surface area contributed by atoms with Crippen molar-refractivity contribution in [3.05, 3.63) is 0 Å². The zero-order valence-electron chi connectivity index (χ0n) is 11.6. The van der Waals surface area contributed by atoms with Crippen molar-refractivity contribution in [2.75, 3.05) is 0 Å². The maximum atomic E-state index is 12.8. The summed E-state index contributed by atoms with van der Waals surface area (Å²) in [6.07, 6.45) is 9.20. The molecule has 3 aliphatic rings. The second kappa shape index (κ2) is 3.59. The Labute approximate surface area is 105 Å². The Kier molecular flexibility index (Phi) is 2.48. The molecule has 0 radical (unpaired) electrons. The molecule has 17 heavy (non-hydrogen) atoms. The van der Waals surface area contributed by atoms with Crippen molar-refractivity contribution in [1.29, 1.82) is 0 Å². The third-order valence-electron chi connectivity index (χ3n) is 6.74. The molecule has 0 aromatic heterocycles. The van der Waals surface area contributed by atoms with Crippen molar-refractivity contribution in [2.24, 2.45) is 28.6 Å². The van der Waals surface area contributed by atoms with Gasteiger partial charge in [-0.25, -0.2) is 0 Å². The van der Waals surface area contributed by atoms with Crippen LogP contribution in [-0.4, -0.2) is 5.78 Å². The van der Waals surface area contributed by atoms with E-state index in [0.717, 1.165) is 12.3 Å². The summed E-state index contributed by atoms with van der Waals surface area (Å²) in [4.78, 5) is 12.8. The highest BCUT2D eigenvalue weighted by molar-refractivity contribution is 5.91. The fourth-order valence-corrected chi connectivity index (χ4v) is 5.19. The fourth-order valence-electron chi connectivity index (χ4n) is 5.19. The van der Waals surface area contributed by atoms with Gasteiger partial charge in [0.05, 0.1) is 0 Å². The molecule has 1 nitrogen and oxygen atoms in total. The van der Waals surface area contributed by atoms with E-state index in [4.69, 9.17) is 0 Å². The molecule has 3 rings (SSSR count). The molecule has 2 bridgehead atoms. The molecule has 0 aromatic rings.